The van der Waals surface area contributed by atoms with Gasteiger partial charge in [0.15, 0.2) is 0 Å². The third-order valence-electron chi connectivity index (χ3n) is 3.91. The van der Waals surface area contributed by atoms with E-state index in [-0.39, 0.29) is 0 Å². The van der Waals surface area contributed by atoms with E-state index >= 15 is 0 Å². The Labute approximate surface area is 132 Å². The van der Waals surface area contributed by atoms with E-state index in [0.29, 0.717) is 6.42 Å². The first-order valence-corrected chi connectivity index (χ1v) is 8.56. The van der Waals surface area contributed by atoms with Gasteiger partial charge in [0.2, 0.25) is 0 Å². The van der Waals surface area contributed by atoms with Gasteiger partial charge in [0, 0.05) is 35.1 Å². The van der Waals surface area contributed by atoms with Gasteiger partial charge in [-0.1, -0.05) is 12.1 Å². The number of fused-ring (bicyclic) bond motifs is 1. The van der Waals surface area contributed by atoms with Crippen molar-refractivity contribution in [3.8, 4) is 0 Å². The minimum atomic E-state index is -0.428. The molecule has 2 nitrogen and oxygen atoms in total. The summed E-state index contributed by atoms with van der Waals surface area (Å²) in [5.74, 6) is 0. The lowest BCUT2D eigenvalue weighted by Crippen LogP contribution is -2.24. The highest BCUT2D eigenvalue weighted by molar-refractivity contribution is 9.10. The number of aryl methyl sites for hydroxylation is 1. The Morgan fingerprint density at radius 2 is 2.25 bits per heavy atom. The number of rotatable bonds is 3. The fourth-order valence-corrected chi connectivity index (χ4v) is 4.33. The number of hydrogen-bond donors (Lipinski definition) is 1. The number of hydrogen-bond acceptors (Lipinski definition) is 3. The van der Waals surface area contributed by atoms with Gasteiger partial charge in [0.1, 0.15) is 0 Å². The molecule has 1 N–H and O–H groups in total. The van der Waals surface area contributed by atoms with Crippen LogP contribution in [0.25, 0.3) is 0 Å². The van der Waals surface area contributed by atoms with Crippen molar-refractivity contribution in [2.45, 2.75) is 25.4 Å². The van der Waals surface area contributed by atoms with Crippen LogP contribution in [0, 0.1) is 0 Å². The van der Waals surface area contributed by atoms with Crippen LogP contribution in [0.3, 0.4) is 0 Å². The minimum Gasteiger partial charge on any atom is -0.388 e. The summed E-state index contributed by atoms with van der Waals surface area (Å²) in [6.07, 6.45) is 2.55. The molecule has 0 fully saturated rings. The van der Waals surface area contributed by atoms with Crippen LogP contribution < -0.4 is 4.90 Å². The predicted molar refractivity (Wildman–Crippen MR) is 88.7 cm³/mol. The Balaban J connectivity index is 1.82. The maximum atomic E-state index is 10.5. The van der Waals surface area contributed by atoms with Crippen LogP contribution >= 0.6 is 27.3 Å². The molecule has 1 aliphatic heterocycles. The normalized spacial score (nSPS) is 16.1. The van der Waals surface area contributed by atoms with Gasteiger partial charge in [-0.3, -0.25) is 0 Å². The van der Waals surface area contributed by atoms with Gasteiger partial charge in [-0.15, -0.1) is 11.3 Å². The zero-order valence-electron chi connectivity index (χ0n) is 11.5. The fourth-order valence-electron chi connectivity index (χ4n) is 2.78. The molecule has 0 saturated carbocycles. The van der Waals surface area contributed by atoms with E-state index in [9.17, 15) is 5.11 Å². The molecule has 0 amide bonds. The first-order chi connectivity index (χ1) is 9.65. The van der Waals surface area contributed by atoms with Crippen LogP contribution in [-0.4, -0.2) is 18.7 Å². The van der Waals surface area contributed by atoms with Gasteiger partial charge in [-0.05, 0) is 57.4 Å². The van der Waals surface area contributed by atoms with E-state index < -0.39 is 6.10 Å². The van der Waals surface area contributed by atoms with Crippen molar-refractivity contribution in [1.29, 1.82) is 0 Å². The smallest absolute Gasteiger partial charge is 0.0838 e. The highest BCUT2D eigenvalue weighted by atomic mass is 79.9. The zero-order valence-corrected chi connectivity index (χ0v) is 13.9. The number of aliphatic hydroxyl groups excluding tert-OH is 1. The van der Waals surface area contributed by atoms with E-state index in [1.807, 2.05) is 11.4 Å². The van der Waals surface area contributed by atoms with Gasteiger partial charge in [0.25, 0.3) is 0 Å². The van der Waals surface area contributed by atoms with Crippen molar-refractivity contribution in [2.24, 2.45) is 0 Å². The van der Waals surface area contributed by atoms with E-state index in [0.717, 1.165) is 23.0 Å². The molecule has 0 bridgehead atoms. The molecule has 1 aliphatic rings. The van der Waals surface area contributed by atoms with Crippen molar-refractivity contribution in [1.82, 2.24) is 0 Å². The summed E-state index contributed by atoms with van der Waals surface area (Å²) in [6, 6.07) is 8.43. The van der Waals surface area contributed by atoms with Crippen molar-refractivity contribution in [3.05, 3.63) is 50.1 Å². The molecule has 0 saturated heterocycles. The van der Waals surface area contributed by atoms with Crippen molar-refractivity contribution < 1.29 is 5.11 Å². The summed E-state index contributed by atoms with van der Waals surface area (Å²) in [6.45, 7) is 1.12. The molecule has 106 valence electrons. The van der Waals surface area contributed by atoms with Crippen LogP contribution in [0.4, 0.5) is 5.69 Å². The summed E-state index contributed by atoms with van der Waals surface area (Å²) in [5.41, 5.74) is 3.70. The maximum Gasteiger partial charge on any atom is 0.0838 e. The second-order valence-corrected chi connectivity index (χ2v) is 7.18. The largest absolute Gasteiger partial charge is 0.388 e. The van der Waals surface area contributed by atoms with E-state index in [1.54, 1.807) is 11.3 Å². The Morgan fingerprint density at radius 3 is 3.00 bits per heavy atom. The number of halogens is 1. The lowest BCUT2D eigenvalue weighted by molar-refractivity contribution is 0.179. The third kappa shape index (κ3) is 2.78. The molecule has 0 spiro atoms. The van der Waals surface area contributed by atoms with Crippen LogP contribution in [-0.2, 0) is 12.8 Å². The number of nitrogens with zero attached hydrogens (tertiary/aromatic N) is 1. The molecule has 4 heteroatoms. The van der Waals surface area contributed by atoms with Gasteiger partial charge in [-0.25, -0.2) is 0 Å². The SMILES string of the molecule is CN1CCCc2cc(C(O)Cc3sccc3Br)ccc21. The molecule has 20 heavy (non-hydrogen) atoms. The highest BCUT2D eigenvalue weighted by Gasteiger charge is 2.17. The molecule has 1 atom stereocenters. The average Bonchev–Trinajstić information content (AvgIpc) is 2.84. The van der Waals surface area contributed by atoms with Crippen LogP contribution in [0.1, 0.15) is 28.5 Å². The molecule has 1 aromatic heterocycles. The second kappa shape index (κ2) is 5.88. The lowest BCUT2D eigenvalue weighted by Gasteiger charge is -2.28. The first kappa shape index (κ1) is 14.1. The standard InChI is InChI=1S/C16H18BrNOS/c1-18-7-2-3-11-9-12(4-5-14(11)18)15(19)10-16-13(17)6-8-20-16/h4-6,8-9,15,19H,2-3,7,10H2,1H3. The fraction of sp³-hybridized carbons (Fsp3) is 0.375. The summed E-state index contributed by atoms with van der Waals surface area (Å²) >= 11 is 5.21. The second-order valence-electron chi connectivity index (χ2n) is 5.32. The summed E-state index contributed by atoms with van der Waals surface area (Å²) in [7, 11) is 2.14. The Kier molecular flexibility index (Phi) is 4.15. The van der Waals surface area contributed by atoms with E-state index in [1.165, 1.54) is 22.5 Å². The van der Waals surface area contributed by atoms with Gasteiger partial charge < -0.3 is 10.0 Å². The summed E-state index contributed by atoms with van der Waals surface area (Å²) in [4.78, 5) is 3.50. The summed E-state index contributed by atoms with van der Waals surface area (Å²) < 4.78 is 1.10. The number of aliphatic hydroxyl groups is 1. The topological polar surface area (TPSA) is 23.5 Å². The molecule has 2 aromatic rings. The quantitative estimate of drug-likeness (QED) is 0.896. The number of benzene rings is 1. The van der Waals surface area contributed by atoms with E-state index in [4.69, 9.17) is 0 Å². The number of thiophene rings is 1. The average molecular weight is 352 g/mol. The molecule has 1 aromatic carbocycles. The monoisotopic (exact) mass is 351 g/mol. The minimum absolute atomic E-state index is 0.428. The predicted octanol–water partition coefficient (Wildman–Crippen LogP) is 4.17. The maximum absolute atomic E-state index is 10.5. The Morgan fingerprint density at radius 1 is 1.40 bits per heavy atom. The molecular weight excluding hydrogens is 334 g/mol. The molecule has 0 aliphatic carbocycles. The zero-order chi connectivity index (χ0) is 14.1. The molecule has 2 heterocycles. The summed E-state index contributed by atoms with van der Waals surface area (Å²) in [5, 5.41) is 12.5. The van der Waals surface area contributed by atoms with Crippen LogP contribution in [0.5, 0.6) is 0 Å². The van der Waals surface area contributed by atoms with Gasteiger partial charge in [0.05, 0.1) is 6.10 Å². The van der Waals surface area contributed by atoms with Crippen molar-refractivity contribution in [3.63, 3.8) is 0 Å². The Hall–Kier alpha value is -0.840. The molecule has 0 radical (unpaired) electrons. The van der Waals surface area contributed by atoms with Gasteiger partial charge in [-0.2, -0.15) is 0 Å². The van der Waals surface area contributed by atoms with Crippen molar-refractivity contribution >= 4 is 33.0 Å². The molecule has 3 rings (SSSR count). The third-order valence-corrected chi connectivity index (χ3v) is 5.86. The highest BCUT2D eigenvalue weighted by Crippen LogP contribution is 2.32. The Bertz CT molecular complexity index is 610. The van der Waals surface area contributed by atoms with Crippen LogP contribution in [0.2, 0.25) is 0 Å². The van der Waals surface area contributed by atoms with E-state index in [2.05, 4.69) is 46.1 Å². The lowest BCUT2D eigenvalue weighted by atomic mass is 9.96. The molecule has 1 unspecified atom stereocenters. The first-order valence-electron chi connectivity index (χ1n) is 6.89. The molecular formula is C16H18BrNOS. The van der Waals surface area contributed by atoms with Crippen LogP contribution in [0.15, 0.2) is 34.1 Å². The van der Waals surface area contributed by atoms with Crippen molar-refractivity contribution in [2.75, 3.05) is 18.5 Å². The van der Waals surface area contributed by atoms with Gasteiger partial charge >= 0.3 is 0 Å². The number of anilines is 1.